The van der Waals surface area contributed by atoms with Crippen LogP contribution in [-0.2, 0) is 4.74 Å². The van der Waals surface area contributed by atoms with Crippen LogP contribution >= 0.6 is 0 Å². The molecule has 0 saturated carbocycles. The number of nitrogen functional groups attached to an aromatic ring is 1. The number of para-hydroxylation sites is 2. The van der Waals surface area contributed by atoms with Crippen LogP contribution in [0.4, 0.5) is 5.82 Å². The van der Waals surface area contributed by atoms with Gasteiger partial charge in [0.15, 0.2) is 5.65 Å². The molecule has 0 fully saturated rings. The van der Waals surface area contributed by atoms with Gasteiger partial charge >= 0.3 is 5.97 Å². The number of carbonyl (C=O) groups excluding carboxylic acids is 1. The van der Waals surface area contributed by atoms with Gasteiger partial charge in [-0.1, -0.05) is 42.5 Å². The number of esters is 1. The van der Waals surface area contributed by atoms with Crippen LogP contribution in [-0.4, -0.2) is 27.6 Å². The van der Waals surface area contributed by atoms with Crippen molar-refractivity contribution in [2.75, 3.05) is 12.8 Å². The molecule has 6 heteroatoms. The van der Waals surface area contributed by atoms with Gasteiger partial charge in [-0.15, -0.1) is 0 Å². The number of carbonyl (C=O) groups is 1. The van der Waals surface area contributed by atoms with Crippen LogP contribution in [0, 0.1) is 0 Å². The molecule has 0 aliphatic heterocycles. The van der Waals surface area contributed by atoms with Gasteiger partial charge in [0, 0.05) is 0 Å². The maximum Gasteiger partial charge on any atom is 0.343 e. The van der Waals surface area contributed by atoms with Gasteiger partial charge in [-0.2, -0.15) is 0 Å². The lowest BCUT2D eigenvalue weighted by molar-refractivity contribution is 0.0604. The third kappa shape index (κ3) is 2.38. The Bertz CT molecular complexity index is 1120. The number of hydrogen-bond donors (Lipinski definition) is 1. The van der Waals surface area contributed by atoms with Crippen molar-refractivity contribution in [2.24, 2.45) is 0 Å². The molecule has 2 aromatic carbocycles. The van der Waals surface area contributed by atoms with Crippen molar-refractivity contribution < 1.29 is 9.53 Å². The summed E-state index contributed by atoms with van der Waals surface area (Å²) in [6.45, 7) is 2.02. The van der Waals surface area contributed by atoms with E-state index < -0.39 is 5.97 Å². The minimum atomic E-state index is -0.518. The third-order valence-electron chi connectivity index (χ3n) is 4.59. The number of nitrogens with two attached hydrogens (primary N) is 1. The molecular formula is C20H18N4O2. The predicted molar refractivity (Wildman–Crippen MR) is 101 cm³/mol. The van der Waals surface area contributed by atoms with Crippen LogP contribution in [0.5, 0.6) is 0 Å². The molecule has 2 aromatic heterocycles. The fourth-order valence-electron chi connectivity index (χ4n) is 3.26. The van der Waals surface area contributed by atoms with Gasteiger partial charge in [-0.3, -0.25) is 0 Å². The van der Waals surface area contributed by atoms with E-state index in [0.29, 0.717) is 22.5 Å². The summed E-state index contributed by atoms with van der Waals surface area (Å²) >= 11 is 0. The molecule has 26 heavy (non-hydrogen) atoms. The van der Waals surface area contributed by atoms with Crippen LogP contribution in [0.3, 0.4) is 0 Å². The molecule has 0 radical (unpaired) electrons. The highest BCUT2D eigenvalue weighted by Gasteiger charge is 2.27. The Morgan fingerprint density at radius 3 is 2.31 bits per heavy atom. The highest BCUT2D eigenvalue weighted by atomic mass is 16.5. The summed E-state index contributed by atoms with van der Waals surface area (Å²) in [4.78, 5) is 21.7. The van der Waals surface area contributed by atoms with Crippen molar-refractivity contribution in [3.05, 3.63) is 65.7 Å². The maximum absolute atomic E-state index is 12.4. The second-order valence-corrected chi connectivity index (χ2v) is 6.09. The van der Waals surface area contributed by atoms with Crippen molar-refractivity contribution in [1.29, 1.82) is 0 Å². The van der Waals surface area contributed by atoms with Gasteiger partial charge in [0.05, 0.1) is 24.2 Å². The lowest BCUT2D eigenvalue weighted by atomic mass is 10.1. The zero-order valence-corrected chi connectivity index (χ0v) is 14.5. The molecule has 0 amide bonds. The van der Waals surface area contributed by atoms with E-state index in [-0.39, 0.29) is 11.6 Å². The number of benzene rings is 2. The van der Waals surface area contributed by atoms with Crippen molar-refractivity contribution in [3.8, 4) is 0 Å². The molecule has 2 N–H and O–H groups in total. The summed E-state index contributed by atoms with van der Waals surface area (Å²) in [5, 5.41) is 0. The van der Waals surface area contributed by atoms with E-state index in [4.69, 9.17) is 15.5 Å². The average molecular weight is 346 g/mol. The molecule has 130 valence electrons. The lowest BCUT2D eigenvalue weighted by Crippen LogP contribution is -2.12. The van der Waals surface area contributed by atoms with Crippen molar-refractivity contribution >= 4 is 34.0 Å². The smallest absolute Gasteiger partial charge is 0.343 e. The van der Waals surface area contributed by atoms with Gasteiger partial charge in [0.1, 0.15) is 16.9 Å². The average Bonchev–Trinajstić information content (AvgIpc) is 2.96. The Labute approximate surface area is 150 Å². The fraction of sp³-hybridized carbons (Fsp3) is 0.150. The minimum absolute atomic E-state index is 0.118. The van der Waals surface area contributed by atoms with Crippen molar-refractivity contribution in [3.63, 3.8) is 0 Å². The molecule has 1 atom stereocenters. The molecule has 0 aliphatic carbocycles. The Kier molecular flexibility index (Phi) is 3.80. The third-order valence-corrected chi connectivity index (χ3v) is 4.59. The highest BCUT2D eigenvalue weighted by molar-refractivity contribution is 6.08. The van der Waals surface area contributed by atoms with Gasteiger partial charge in [-0.25, -0.2) is 14.8 Å². The van der Waals surface area contributed by atoms with Crippen LogP contribution in [0.25, 0.3) is 22.2 Å². The first-order valence-corrected chi connectivity index (χ1v) is 8.31. The van der Waals surface area contributed by atoms with Crippen LogP contribution in [0.1, 0.15) is 28.9 Å². The Morgan fingerprint density at radius 2 is 1.65 bits per heavy atom. The molecule has 0 saturated heterocycles. The monoisotopic (exact) mass is 346 g/mol. The number of fused-ring (bicyclic) bond motifs is 2. The van der Waals surface area contributed by atoms with E-state index >= 15 is 0 Å². The zero-order chi connectivity index (χ0) is 18.3. The van der Waals surface area contributed by atoms with Crippen molar-refractivity contribution in [2.45, 2.75) is 13.0 Å². The van der Waals surface area contributed by atoms with Crippen LogP contribution in [0.2, 0.25) is 0 Å². The van der Waals surface area contributed by atoms with E-state index in [1.807, 2.05) is 66.1 Å². The summed E-state index contributed by atoms with van der Waals surface area (Å²) in [6.07, 6.45) is 0. The van der Waals surface area contributed by atoms with Gasteiger partial charge in [-0.05, 0) is 24.6 Å². The van der Waals surface area contributed by atoms with Gasteiger partial charge < -0.3 is 15.0 Å². The quantitative estimate of drug-likeness (QED) is 0.574. The molecule has 4 rings (SSSR count). The van der Waals surface area contributed by atoms with E-state index in [0.717, 1.165) is 11.1 Å². The van der Waals surface area contributed by atoms with E-state index in [9.17, 15) is 4.79 Å². The summed E-state index contributed by atoms with van der Waals surface area (Å²) in [5.74, 6) is -0.213. The number of hydrogen-bond acceptors (Lipinski definition) is 5. The van der Waals surface area contributed by atoms with Gasteiger partial charge in [0.2, 0.25) is 0 Å². The topological polar surface area (TPSA) is 83.0 Å². The predicted octanol–water partition coefficient (Wildman–Crippen LogP) is 3.56. The molecule has 4 aromatic rings. The SMILES string of the molecule is COC(=O)c1c(N)n([C@@H](C)c2ccccc2)c2nc3ccccc3nc12. The Morgan fingerprint density at radius 1 is 1.04 bits per heavy atom. The summed E-state index contributed by atoms with van der Waals surface area (Å²) < 4.78 is 6.78. The first-order valence-electron chi connectivity index (χ1n) is 8.31. The molecule has 0 spiro atoms. The lowest BCUT2D eigenvalue weighted by Gasteiger charge is -2.17. The number of rotatable bonds is 3. The summed E-state index contributed by atoms with van der Waals surface area (Å²) in [5.41, 5.74) is 10.2. The van der Waals surface area contributed by atoms with Crippen molar-refractivity contribution in [1.82, 2.24) is 14.5 Å². The van der Waals surface area contributed by atoms with Crippen LogP contribution in [0.15, 0.2) is 54.6 Å². The second-order valence-electron chi connectivity index (χ2n) is 6.09. The summed E-state index contributed by atoms with van der Waals surface area (Å²) in [7, 11) is 1.33. The van der Waals surface area contributed by atoms with E-state index in [2.05, 4.69) is 4.98 Å². The number of ether oxygens (including phenoxy) is 1. The maximum atomic E-state index is 12.4. The first-order chi connectivity index (χ1) is 12.6. The van der Waals surface area contributed by atoms with Crippen LogP contribution < -0.4 is 5.73 Å². The fourth-order valence-corrected chi connectivity index (χ4v) is 3.26. The molecule has 0 aliphatic rings. The Hall–Kier alpha value is -3.41. The molecule has 6 nitrogen and oxygen atoms in total. The van der Waals surface area contributed by atoms with Gasteiger partial charge in [0.25, 0.3) is 0 Å². The molecular weight excluding hydrogens is 328 g/mol. The first kappa shape index (κ1) is 16.1. The normalized spacial score (nSPS) is 12.4. The number of nitrogens with zero attached hydrogens (tertiary/aromatic N) is 3. The van der Waals surface area contributed by atoms with E-state index in [1.165, 1.54) is 7.11 Å². The largest absolute Gasteiger partial charge is 0.465 e. The number of methoxy groups -OCH3 is 1. The Balaban J connectivity index is 2.07. The second kappa shape index (κ2) is 6.15. The highest BCUT2D eigenvalue weighted by Crippen LogP contribution is 2.33. The number of aromatic nitrogens is 3. The van der Waals surface area contributed by atoms with E-state index in [1.54, 1.807) is 0 Å². The molecule has 0 unspecified atom stereocenters. The minimum Gasteiger partial charge on any atom is -0.465 e. The summed E-state index contributed by atoms with van der Waals surface area (Å²) in [6, 6.07) is 17.3. The molecule has 0 bridgehead atoms. The standard InChI is InChI=1S/C20H18N4O2/c1-12(13-8-4-3-5-9-13)24-18(21)16(20(25)26-2)17-19(24)23-15-11-7-6-10-14(15)22-17/h3-12H,21H2,1-2H3/t12-/m0/s1. The molecule has 2 heterocycles. The number of anilines is 1. The zero-order valence-electron chi connectivity index (χ0n) is 14.5.